The van der Waals surface area contributed by atoms with Gasteiger partial charge in [-0.25, -0.2) is 0 Å². The summed E-state index contributed by atoms with van der Waals surface area (Å²) in [6, 6.07) is 5.27. The molecule has 106 valence electrons. The number of amides is 1. The van der Waals surface area contributed by atoms with E-state index in [1.807, 2.05) is 17.5 Å². The summed E-state index contributed by atoms with van der Waals surface area (Å²) in [6.07, 6.45) is 0. The molecule has 2 rings (SSSR count). The van der Waals surface area contributed by atoms with Crippen LogP contribution in [0.1, 0.15) is 24.3 Å². The highest BCUT2D eigenvalue weighted by molar-refractivity contribution is 7.13. The van der Waals surface area contributed by atoms with Gasteiger partial charge in [0.15, 0.2) is 11.5 Å². The van der Waals surface area contributed by atoms with Crippen LogP contribution in [0.15, 0.2) is 28.1 Å². The summed E-state index contributed by atoms with van der Waals surface area (Å²) in [4.78, 5) is 23.7. The van der Waals surface area contributed by atoms with E-state index in [1.165, 1.54) is 31.3 Å². The van der Waals surface area contributed by atoms with Gasteiger partial charge in [0.25, 0.3) is 5.91 Å². The first-order valence-corrected chi connectivity index (χ1v) is 6.80. The van der Waals surface area contributed by atoms with Crippen molar-refractivity contribution in [1.82, 2.24) is 10.5 Å². The second-order valence-electron chi connectivity index (χ2n) is 4.93. The maximum atomic E-state index is 11.9. The number of carbonyl (C=O) groups is 2. The Hall–Kier alpha value is -2.15. The third-order valence-corrected chi connectivity index (χ3v) is 3.66. The normalized spacial score (nSPS) is 11.3. The SMILES string of the molecule is CC(C)(CNC(=O)c1cc(-c2cccs2)on1)C(=O)O. The van der Waals surface area contributed by atoms with Gasteiger partial charge in [-0.1, -0.05) is 11.2 Å². The fourth-order valence-corrected chi connectivity index (χ4v) is 2.06. The van der Waals surface area contributed by atoms with Crippen LogP contribution in [0.4, 0.5) is 0 Å². The van der Waals surface area contributed by atoms with Crippen LogP contribution in [0.5, 0.6) is 0 Å². The van der Waals surface area contributed by atoms with Gasteiger partial charge in [0.2, 0.25) is 0 Å². The molecule has 7 heteroatoms. The molecule has 1 amide bonds. The van der Waals surface area contributed by atoms with Gasteiger partial charge in [-0.3, -0.25) is 9.59 Å². The quantitative estimate of drug-likeness (QED) is 0.882. The smallest absolute Gasteiger partial charge is 0.310 e. The molecule has 0 atom stereocenters. The van der Waals surface area contributed by atoms with E-state index < -0.39 is 17.3 Å². The Bertz CT molecular complexity index is 616. The molecule has 2 heterocycles. The van der Waals surface area contributed by atoms with Gasteiger partial charge >= 0.3 is 5.97 Å². The fraction of sp³-hybridized carbons (Fsp3) is 0.308. The average Bonchev–Trinajstić information content (AvgIpc) is 3.05. The predicted molar refractivity (Wildman–Crippen MR) is 73.6 cm³/mol. The number of carboxylic acids is 1. The molecular formula is C13H14N2O4S. The van der Waals surface area contributed by atoms with Crippen molar-refractivity contribution in [3.05, 3.63) is 29.3 Å². The topological polar surface area (TPSA) is 92.4 Å². The molecule has 20 heavy (non-hydrogen) atoms. The van der Waals surface area contributed by atoms with Crippen LogP contribution >= 0.6 is 11.3 Å². The molecule has 0 aliphatic heterocycles. The summed E-state index contributed by atoms with van der Waals surface area (Å²) < 4.78 is 5.09. The number of thiophene rings is 1. The van der Waals surface area contributed by atoms with Gasteiger partial charge in [-0.05, 0) is 25.3 Å². The van der Waals surface area contributed by atoms with Crippen LogP contribution in [0, 0.1) is 5.41 Å². The zero-order chi connectivity index (χ0) is 14.8. The molecule has 2 aromatic heterocycles. The number of nitrogens with one attached hydrogen (secondary N) is 1. The first kappa shape index (κ1) is 14.3. The Morgan fingerprint density at radius 2 is 2.25 bits per heavy atom. The number of aromatic nitrogens is 1. The van der Waals surface area contributed by atoms with Gasteiger partial charge in [0.05, 0.1) is 10.3 Å². The summed E-state index contributed by atoms with van der Waals surface area (Å²) in [6.45, 7) is 3.09. The van der Waals surface area contributed by atoms with Gasteiger partial charge in [-0.2, -0.15) is 0 Å². The lowest BCUT2D eigenvalue weighted by atomic mass is 9.94. The number of carbonyl (C=O) groups excluding carboxylic acids is 1. The van der Waals surface area contributed by atoms with Crippen LogP contribution < -0.4 is 5.32 Å². The van der Waals surface area contributed by atoms with E-state index in [9.17, 15) is 9.59 Å². The number of hydrogen-bond acceptors (Lipinski definition) is 5. The Balaban J connectivity index is 2.02. The highest BCUT2D eigenvalue weighted by atomic mass is 32.1. The van der Waals surface area contributed by atoms with Crippen LogP contribution in [-0.2, 0) is 4.79 Å². The summed E-state index contributed by atoms with van der Waals surface area (Å²) in [5, 5.41) is 17.1. The van der Waals surface area contributed by atoms with Gasteiger partial charge in [0.1, 0.15) is 0 Å². The Morgan fingerprint density at radius 1 is 1.50 bits per heavy atom. The molecule has 6 nitrogen and oxygen atoms in total. The number of aliphatic carboxylic acids is 1. The molecule has 0 unspecified atom stereocenters. The zero-order valence-electron chi connectivity index (χ0n) is 11.0. The molecule has 2 aromatic rings. The van der Waals surface area contributed by atoms with Crippen molar-refractivity contribution in [3.63, 3.8) is 0 Å². The lowest BCUT2D eigenvalue weighted by molar-refractivity contribution is -0.146. The van der Waals surface area contributed by atoms with Crippen molar-refractivity contribution in [2.45, 2.75) is 13.8 Å². The minimum Gasteiger partial charge on any atom is -0.481 e. The zero-order valence-corrected chi connectivity index (χ0v) is 11.9. The molecule has 0 fully saturated rings. The molecule has 2 N–H and O–H groups in total. The standard InChI is InChI=1S/C13H14N2O4S/c1-13(2,12(17)18)7-14-11(16)8-6-9(19-15-8)10-4-3-5-20-10/h3-6H,7H2,1-2H3,(H,14,16)(H,17,18). The minimum atomic E-state index is -1.03. The van der Waals surface area contributed by atoms with E-state index in [1.54, 1.807) is 0 Å². The van der Waals surface area contributed by atoms with Crippen molar-refractivity contribution < 1.29 is 19.2 Å². The molecule has 0 saturated carbocycles. The third-order valence-electron chi connectivity index (χ3n) is 2.78. The molecule has 0 spiro atoms. The summed E-state index contributed by atoms with van der Waals surface area (Å²) in [5.74, 6) is -0.911. The molecule has 0 radical (unpaired) electrons. The van der Waals surface area contributed by atoms with Crippen LogP contribution in [-0.4, -0.2) is 28.7 Å². The first-order chi connectivity index (χ1) is 9.40. The number of carboxylic acid groups (broad SMARTS) is 1. The Morgan fingerprint density at radius 3 is 2.85 bits per heavy atom. The first-order valence-electron chi connectivity index (χ1n) is 5.92. The van der Waals surface area contributed by atoms with Gasteiger partial charge < -0.3 is 14.9 Å². The molecule has 0 aliphatic carbocycles. The number of nitrogens with zero attached hydrogens (tertiary/aromatic N) is 1. The lowest BCUT2D eigenvalue weighted by Gasteiger charge is -2.18. The highest BCUT2D eigenvalue weighted by Crippen LogP contribution is 2.25. The number of rotatable bonds is 5. The van der Waals surface area contributed by atoms with E-state index in [0.29, 0.717) is 5.76 Å². The average molecular weight is 294 g/mol. The summed E-state index contributed by atoms with van der Waals surface area (Å²) in [7, 11) is 0. The molecule has 0 aromatic carbocycles. The second kappa shape index (κ2) is 5.46. The van der Waals surface area contributed by atoms with Crippen LogP contribution in [0.2, 0.25) is 0 Å². The van der Waals surface area contributed by atoms with E-state index in [2.05, 4.69) is 10.5 Å². The van der Waals surface area contributed by atoms with Crippen molar-refractivity contribution in [1.29, 1.82) is 0 Å². The lowest BCUT2D eigenvalue weighted by Crippen LogP contribution is -2.39. The minimum absolute atomic E-state index is 0.0162. The summed E-state index contributed by atoms with van der Waals surface area (Å²) in [5.41, 5.74) is -0.898. The van der Waals surface area contributed by atoms with E-state index in [0.717, 1.165) is 4.88 Å². The van der Waals surface area contributed by atoms with E-state index >= 15 is 0 Å². The van der Waals surface area contributed by atoms with E-state index in [-0.39, 0.29) is 12.2 Å². The fourth-order valence-electron chi connectivity index (χ4n) is 1.38. The largest absolute Gasteiger partial charge is 0.481 e. The van der Waals surface area contributed by atoms with Crippen molar-refractivity contribution in [2.24, 2.45) is 5.41 Å². The van der Waals surface area contributed by atoms with Crippen molar-refractivity contribution in [2.75, 3.05) is 6.54 Å². The summed E-state index contributed by atoms with van der Waals surface area (Å²) >= 11 is 1.48. The highest BCUT2D eigenvalue weighted by Gasteiger charge is 2.28. The Labute approximate surface area is 119 Å². The molecule has 0 aliphatic rings. The second-order valence-corrected chi connectivity index (χ2v) is 5.87. The molecular weight excluding hydrogens is 280 g/mol. The van der Waals surface area contributed by atoms with Crippen LogP contribution in [0.3, 0.4) is 0 Å². The Kier molecular flexibility index (Phi) is 3.89. The van der Waals surface area contributed by atoms with Gasteiger partial charge in [0, 0.05) is 12.6 Å². The van der Waals surface area contributed by atoms with Gasteiger partial charge in [-0.15, -0.1) is 11.3 Å². The maximum absolute atomic E-state index is 11.9. The number of hydrogen-bond donors (Lipinski definition) is 2. The molecule has 0 saturated heterocycles. The monoisotopic (exact) mass is 294 g/mol. The van der Waals surface area contributed by atoms with Crippen molar-refractivity contribution >= 4 is 23.2 Å². The van der Waals surface area contributed by atoms with E-state index in [4.69, 9.17) is 9.63 Å². The van der Waals surface area contributed by atoms with Crippen LogP contribution in [0.25, 0.3) is 10.6 Å². The predicted octanol–water partition coefficient (Wildman–Crippen LogP) is 2.24. The molecule has 0 bridgehead atoms. The maximum Gasteiger partial charge on any atom is 0.310 e. The van der Waals surface area contributed by atoms with Crippen molar-refractivity contribution in [3.8, 4) is 10.6 Å². The third kappa shape index (κ3) is 3.05.